The highest BCUT2D eigenvalue weighted by atomic mass is 35.5. The predicted octanol–water partition coefficient (Wildman–Crippen LogP) is 3.03. The molecule has 0 radical (unpaired) electrons. The SMILES string of the molecule is O=C(O)CCC1CCN(Cc2cccc(Cl)c2)C1. The van der Waals surface area contributed by atoms with Gasteiger partial charge in [0.1, 0.15) is 0 Å². The van der Waals surface area contributed by atoms with Gasteiger partial charge in [0.05, 0.1) is 0 Å². The van der Waals surface area contributed by atoms with Crippen LogP contribution in [0.5, 0.6) is 0 Å². The van der Waals surface area contributed by atoms with E-state index in [4.69, 9.17) is 16.7 Å². The first kappa shape index (κ1) is 13.4. The van der Waals surface area contributed by atoms with Crippen LogP contribution in [0.15, 0.2) is 24.3 Å². The number of aliphatic carboxylic acids is 1. The topological polar surface area (TPSA) is 40.5 Å². The molecule has 0 bridgehead atoms. The number of likely N-dealkylation sites (tertiary alicyclic amines) is 1. The van der Waals surface area contributed by atoms with Crippen molar-refractivity contribution in [2.24, 2.45) is 5.92 Å². The third-order valence-electron chi connectivity index (χ3n) is 3.43. The Bertz CT molecular complexity index is 422. The van der Waals surface area contributed by atoms with E-state index in [1.807, 2.05) is 18.2 Å². The number of carboxylic acids is 1. The lowest BCUT2D eigenvalue weighted by Gasteiger charge is -2.16. The second kappa shape index (κ2) is 6.21. The van der Waals surface area contributed by atoms with Crippen LogP contribution in [0.25, 0.3) is 0 Å². The standard InChI is InChI=1S/C14H18ClNO2/c15-13-3-1-2-12(8-13)10-16-7-6-11(9-16)4-5-14(17)18/h1-3,8,11H,4-7,9-10H2,(H,17,18). The Balaban J connectivity index is 1.80. The lowest BCUT2D eigenvalue weighted by atomic mass is 10.0. The minimum atomic E-state index is -0.691. The van der Waals surface area contributed by atoms with Crippen molar-refractivity contribution in [2.75, 3.05) is 13.1 Å². The Morgan fingerprint density at radius 3 is 3.06 bits per heavy atom. The third-order valence-corrected chi connectivity index (χ3v) is 3.67. The smallest absolute Gasteiger partial charge is 0.303 e. The fourth-order valence-corrected chi connectivity index (χ4v) is 2.73. The van der Waals surface area contributed by atoms with Crippen molar-refractivity contribution >= 4 is 17.6 Å². The molecule has 1 N–H and O–H groups in total. The van der Waals surface area contributed by atoms with Gasteiger partial charge in [0.15, 0.2) is 0 Å². The van der Waals surface area contributed by atoms with Gasteiger partial charge in [-0.05, 0) is 43.0 Å². The molecule has 0 spiro atoms. The van der Waals surface area contributed by atoms with Gasteiger partial charge in [-0.25, -0.2) is 0 Å². The highest BCUT2D eigenvalue weighted by Crippen LogP contribution is 2.23. The summed E-state index contributed by atoms with van der Waals surface area (Å²) in [6.07, 6.45) is 2.19. The number of rotatable bonds is 5. The van der Waals surface area contributed by atoms with Gasteiger partial charge in [-0.3, -0.25) is 9.69 Å². The molecule has 98 valence electrons. The number of halogens is 1. The molecule has 4 heteroatoms. The van der Waals surface area contributed by atoms with E-state index in [-0.39, 0.29) is 6.42 Å². The third kappa shape index (κ3) is 4.00. The number of carbonyl (C=O) groups is 1. The monoisotopic (exact) mass is 267 g/mol. The van der Waals surface area contributed by atoms with Gasteiger partial charge in [-0.1, -0.05) is 23.7 Å². The van der Waals surface area contributed by atoms with E-state index in [9.17, 15) is 4.79 Å². The summed E-state index contributed by atoms with van der Waals surface area (Å²) in [5.74, 6) is -0.163. The molecule has 1 saturated heterocycles. The number of hydrogen-bond acceptors (Lipinski definition) is 2. The minimum absolute atomic E-state index is 0.287. The molecule has 0 saturated carbocycles. The van der Waals surface area contributed by atoms with Crippen LogP contribution in [-0.2, 0) is 11.3 Å². The Morgan fingerprint density at radius 1 is 1.50 bits per heavy atom. The van der Waals surface area contributed by atoms with Crippen LogP contribution in [0.3, 0.4) is 0 Å². The summed E-state index contributed by atoms with van der Waals surface area (Å²) in [5.41, 5.74) is 1.22. The number of carboxylic acid groups (broad SMARTS) is 1. The van der Waals surface area contributed by atoms with Crippen molar-refractivity contribution in [1.29, 1.82) is 0 Å². The molecule has 1 atom stereocenters. The van der Waals surface area contributed by atoms with E-state index < -0.39 is 5.97 Å². The molecule has 1 aliphatic rings. The Hall–Kier alpha value is -1.06. The molecular weight excluding hydrogens is 250 g/mol. The molecule has 0 aromatic heterocycles. The van der Waals surface area contributed by atoms with E-state index >= 15 is 0 Å². The van der Waals surface area contributed by atoms with Gasteiger partial charge in [-0.15, -0.1) is 0 Å². The summed E-state index contributed by atoms with van der Waals surface area (Å²) < 4.78 is 0. The van der Waals surface area contributed by atoms with Crippen LogP contribution >= 0.6 is 11.6 Å². The zero-order chi connectivity index (χ0) is 13.0. The summed E-state index contributed by atoms with van der Waals surface area (Å²) in [7, 11) is 0. The first-order valence-corrected chi connectivity index (χ1v) is 6.70. The molecule has 1 heterocycles. The largest absolute Gasteiger partial charge is 0.481 e. The van der Waals surface area contributed by atoms with Gasteiger partial charge >= 0.3 is 5.97 Å². The molecule has 18 heavy (non-hydrogen) atoms. The second-order valence-electron chi connectivity index (χ2n) is 4.95. The molecule has 1 aromatic rings. The summed E-state index contributed by atoms with van der Waals surface area (Å²) in [6, 6.07) is 7.92. The molecule has 1 unspecified atom stereocenters. The van der Waals surface area contributed by atoms with E-state index in [0.29, 0.717) is 5.92 Å². The average Bonchev–Trinajstić information content (AvgIpc) is 2.74. The molecule has 2 rings (SSSR count). The molecule has 1 aromatic carbocycles. The maximum atomic E-state index is 10.5. The number of hydrogen-bond donors (Lipinski definition) is 1. The highest BCUT2D eigenvalue weighted by molar-refractivity contribution is 6.30. The van der Waals surface area contributed by atoms with Crippen LogP contribution in [0, 0.1) is 5.92 Å². The zero-order valence-corrected chi connectivity index (χ0v) is 11.1. The molecule has 0 amide bonds. The highest BCUT2D eigenvalue weighted by Gasteiger charge is 2.22. The first-order valence-electron chi connectivity index (χ1n) is 6.32. The maximum Gasteiger partial charge on any atom is 0.303 e. The lowest BCUT2D eigenvalue weighted by molar-refractivity contribution is -0.137. The Morgan fingerprint density at radius 2 is 2.33 bits per heavy atom. The van der Waals surface area contributed by atoms with E-state index in [0.717, 1.165) is 37.5 Å². The average molecular weight is 268 g/mol. The normalized spacial score (nSPS) is 20.2. The molecule has 1 aliphatic heterocycles. The Labute approximate surface area is 112 Å². The van der Waals surface area contributed by atoms with Crippen molar-refractivity contribution in [3.05, 3.63) is 34.9 Å². The quantitative estimate of drug-likeness (QED) is 0.892. The van der Waals surface area contributed by atoms with Gasteiger partial charge in [0, 0.05) is 24.5 Å². The van der Waals surface area contributed by atoms with Crippen LogP contribution in [0.1, 0.15) is 24.8 Å². The van der Waals surface area contributed by atoms with Gasteiger partial charge in [0.25, 0.3) is 0 Å². The van der Waals surface area contributed by atoms with Crippen molar-refractivity contribution < 1.29 is 9.90 Å². The van der Waals surface area contributed by atoms with Crippen molar-refractivity contribution in [3.8, 4) is 0 Å². The van der Waals surface area contributed by atoms with Crippen molar-refractivity contribution in [2.45, 2.75) is 25.8 Å². The van der Waals surface area contributed by atoms with Crippen LogP contribution in [-0.4, -0.2) is 29.1 Å². The van der Waals surface area contributed by atoms with Crippen molar-refractivity contribution in [3.63, 3.8) is 0 Å². The summed E-state index contributed by atoms with van der Waals surface area (Å²) in [5, 5.41) is 9.45. The summed E-state index contributed by atoms with van der Waals surface area (Å²) >= 11 is 5.96. The van der Waals surface area contributed by atoms with E-state index in [1.54, 1.807) is 0 Å². The minimum Gasteiger partial charge on any atom is -0.481 e. The number of benzene rings is 1. The fourth-order valence-electron chi connectivity index (χ4n) is 2.51. The summed E-state index contributed by atoms with van der Waals surface area (Å²) in [4.78, 5) is 12.9. The summed E-state index contributed by atoms with van der Waals surface area (Å²) in [6.45, 7) is 2.96. The molecule has 1 fully saturated rings. The molecular formula is C14H18ClNO2. The first-order chi connectivity index (χ1) is 8.63. The molecule has 0 aliphatic carbocycles. The number of nitrogens with zero attached hydrogens (tertiary/aromatic N) is 1. The second-order valence-corrected chi connectivity index (χ2v) is 5.39. The van der Waals surface area contributed by atoms with Crippen LogP contribution < -0.4 is 0 Å². The Kier molecular flexibility index (Phi) is 4.61. The van der Waals surface area contributed by atoms with Gasteiger partial charge in [0.2, 0.25) is 0 Å². The molecule has 3 nitrogen and oxygen atoms in total. The van der Waals surface area contributed by atoms with Crippen molar-refractivity contribution in [1.82, 2.24) is 4.90 Å². The zero-order valence-electron chi connectivity index (χ0n) is 10.3. The fraction of sp³-hybridized carbons (Fsp3) is 0.500. The van der Waals surface area contributed by atoms with Crippen LogP contribution in [0.4, 0.5) is 0 Å². The van der Waals surface area contributed by atoms with E-state index in [1.165, 1.54) is 5.56 Å². The van der Waals surface area contributed by atoms with E-state index in [2.05, 4.69) is 11.0 Å². The van der Waals surface area contributed by atoms with Gasteiger partial charge in [-0.2, -0.15) is 0 Å². The van der Waals surface area contributed by atoms with Crippen LogP contribution in [0.2, 0.25) is 5.02 Å². The lowest BCUT2D eigenvalue weighted by Crippen LogP contribution is -2.20. The predicted molar refractivity (Wildman–Crippen MR) is 71.7 cm³/mol. The maximum absolute atomic E-state index is 10.5. The van der Waals surface area contributed by atoms with Gasteiger partial charge < -0.3 is 5.11 Å².